The number of carbonyl (C=O) groups excluding carboxylic acids is 3. The Labute approximate surface area is 790 Å². The third-order valence-corrected chi connectivity index (χ3v) is 35.1. The van der Waals surface area contributed by atoms with Crippen molar-refractivity contribution in [3.05, 3.63) is 101 Å². The molecule has 0 amide bonds. The molecule has 9 aliphatic rings. The zero-order valence-corrected chi connectivity index (χ0v) is 85.6. The largest absolute Gasteiger partial charge is 0.494 e. The van der Waals surface area contributed by atoms with Crippen molar-refractivity contribution in [2.75, 3.05) is 6.61 Å². The minimum Gasteiger partial charge on any atom is -0.494 e. The molecule has 12 rings (SSSR count). The molecule has 129 heavy (non-hydrogen) atoms. The fourth-order valence-corrected chi connectivity index (χ4v) is 26.8. The summed E-state index contributed by atoms with van der Waals surface area (Å²) < 4.78 is 57.9. The lowest BCUT2D eigenvalue weighted by atomic mass is 9.47. The second kappa shape index (κ2) is 58.0. The second-order valence-electron chi connectivity index (χ2n) is 45.1. The third kappa shape index (κ3) is 34.8. The highest BCUT2D eigenvalue weighted by atomic mass is 19.1. The Balaban J connectivity index is 0.000000196. The highest BCUT2D eigenvalue weighted by Gasteiger charge is 2.59. The normalized spacial score (nSPS) is 28.8. The van der Waals surface area contributed by atoms with Crippen LogP contribution in [0.1, 0.15) is 508 Å². The Bertz CT molecular complexity index is 3560. The number of esters is 3. The van der Waals surface area contributed by atoms with E-state index in [-0.39, 0.29) is 41.9 Å². The molecule has 0 heterocycles. The first-order valence-corrected chi connectivity index (χ1v) is 55.7. The zero-order valence-electron chi connectivity index (χ0n) is 85.6. The van der Waals surface area contributed by atoms with Crippen LogP contribution >= 0.6 is 0 Å². The SMILES string of the molecule is CCCC1CCC(C2CCC(C3CCC(CC(C)CC)CC3)CC2)CC1.CCCCCCC(C)Oc1c(F)cc(C2CCC(C3CCC(CCC)CC3)CC2)cc1F.CCCCCCCCC(=O)O[C@H]1CC[C@@]2(C)C(=CC[C@H]3[C@@H]4CC[C@H](C(C)CCCC(C)C)[C@@]4(C)CC[C@@H]32)C1.CCCCCCOc1ccc(C(=O)Oc2ccc(C(=O)OC(C)CCCCCC)cc2)cc1. The fourth-order valence-electron chi connectivity index (χ4n) is 26.8. The number of benzene rings is 3. The van der Waals surface area contributed by atoms with Crippen molar-refractivity contribution in [3.63, 3.8) is 0 Å². The molecule has 8 nitrogen and oxygen atoms in total. The molecular weight excluding hydrogens is 1600 g/mol. The van der Waals surface area contributed by atoms with E-state index in [4.69, 9.17) is 23.7 Å². The number of halogens is 2. The summed E-state index contributed by atoms with van der Waals surface area (Å²) >= 11 is 0. The number of unbranched alkanes of at least 4 members (excludes halogenated alkanes) is 14. The Kier molecular flexibility index (Phi) is 48.5. The Morgan fingerprint density at radius 1 is 0.450 bits per heavy atom. The van der Waals surface area contributed by atoms with Gasteiger partial charge in [0.2, 0.25) is 0 Å². The summed E-state index contributed by atoms with van der Waals surface area (Å²) in [4.78, 5) is 37.3. The molecular formula is C119H194F2O8. The number of ether oxygens (including phenoxy) is 5. The third-order valence-electron chi connectivity index (χ3n) is 35.1. The van der Waals surface area contributed by atoms with Crippen molar-refractivity contribution in [1.29, 1.82) is 0 Å². The van der Waals surface area contributed by atoms with E-state index in [0.717, 1.165) is 189 Å². The van der Waals surface area contributed by atoms with Gasteiger partial charge in [-0.05, 0) is 371 Å². The van der Waals surface area contributed by atoms with Crippen molar-refractivity contribution in [2.45, 2.75) is 500 Å². The number of fused-ring (bicyclic) bond motifs is 5. The molecule has 9 aliphatic carbocycles. The molecule has 3 aromatic rings. The van der Waals surface area contributed by atoms with Gasteiger partial charge in [-0.3, -0.25) is 4.79 Å². The topological polar surface area (TPSA) is 97.4 Å². The fraction of sp³-hybridized carbons (Fsp3) is 0.807. The summed E-state index contributed by atoms with van der Waals surface area (Å²) in [5, 5.41) is 0. The predicted octanol–water partition coefficient (Wildman–Crippen LogP) is 36.3. The van der Waals surface area contributed by atoms with Gasteiger partial charge in [-0.15, -0.1) is 0 Å². The minimum atomic E-state index is -0.531. The van der Waals surface area contributed by atoms with Crippen LogP contribution in [0.3, 0.4) is 0 Å². The summed E-state index contributed by atoms with van der Waals surface area (Å²) in [6.07, 6.45) is 78.0. The van der Waals surface area contributed by atoms with E-state index >= 15 is 0 Å². The van der Waals surface area contributed by atoms with Gasteiger partial charge in [0.15, 0.2) is 17.4 Å². The monoisotopic (exact) mass is 1790 g/mol. The molecule has 732 valence electrons. The maximum absolute atomic E-state index is 14.8. The van der Waals surface area contributed by atoms with Crippen LogP contribution in [0, 0.1) is 117 Å². The standard InChI is InChI=1S/C36H62O2.C29H46F2O.C28H38O5.C26H48/c1-7-8-9-10-11-12-16-34(37)38-29-21-23-35(5)28(25-29)17-18-30-32-20-19-31(27(4)15-13-14-26(2)3)36(32,6)24-22-33(30)35;1-4-6-7-8-10-21(3)32-29-27(30)19-26(20-28(29)31)25-17-15-24(16-18-25)23-13-11-22(9-5-2)12-14-23;1-4-6-8-10-12-22(3)32-27(29)23-15-19-26(20-16-23)33-28(30)24-13-17-25(18-14-24)31-21-11-9-7-5-2;1-4-6-21-7-11-23(12-8-21)25-15-17-26(18-16-25)24-13-9-22(10-14-24)19-20(3)5-2/h17,26-27,29-33H,7-16,18-25H2,1-6H3;19-25H,4-18H2,1-3H3;13-20,22H,4-12,21H2,1-3H3;20-26H,4-19H2,1-3H3/t27?,29-,30-,31+,32-,33-,35-,36+;;;/m0.../s1. The molecule has 0 saturated heterocycles. The van der Waals surface area contributed by atoms with Crippen LogP contribution < -0.4 is 14.2 Å². The van der Waals surface area contributed by atoms with E-state index in [1.165, 1.54) is 205 Å². The zero-order chi connectivity index (χ0) is 92.5. The van der Waals surface area contributed by atoms with Crippen LogP contribution in [0.15, 0.2) is 72.3 Å². The predicted molar refractivity (Wildman–Crippen MR) is 538 cm³/mol. The number of allylic oxidation sites excluding steroid dienone is 1. The maximum atomic E-state index is 14.8. The lowest BCUT2D eigenvalue weighted by Gasteiger charge is -2.58. The van der Waals surface area contributed by atoms with Gasteiger partial charge < -0.3 is 23.7 Å². The summed E-state index contributed by atoms with van der Waals surface area (Å²) in [5.74, 6) is 14.9. The van der Waals surface area contributed by atoms with Gasteiger partial charge >= 0.3 is 17.9 Å². The minimum absolute atomic E-state index is 0.0522. The molecule has 11 atom stereocenters. The number of hydrogen-bond donors (Lipinski definition) is 0. The van der Waals surface area contributed by atoms with E-state index < -0.39 is 17.6 Å². The van der Waals surface area contributed by atoms with Gasteiger partial charge in [0.25, 0.3) is 0 Å². The van der Waals surface area contributed by atoms with Crippen molar-refractivity contribution in [3.8, 4) is 17.2 Å². The summed E-state index contributed by atoms with van der Waals surface area (Å²) in [6, 6.07) is 16.5. The summed E-state index contributed by atoms with van der Waals surface area (Å²) in [5.41, 5.74) is 4.25. The molecule has 4 unspecified atom stereocenters. The van der Waals surface area contributed by atoms with Crippen LogP contribution in [-0.2, 0) is 14.3 Å². The second-order valence-corrected chi connectivity index (χ2v) is 45.1. The summed E-state index contributed by atoms with van der Waals surface area (Å²) in [6.45, 7) is 35.4. The van der Waals surface area contributed by atoms with Crippen molar-refractivity contribution < 1.29 is 46.8 Å². The lowest BCUT2D eigenvalue weighted by Crippen LogP contribution is -2.51. The van der Waals surface area contributed by atoms with Crippen molar-refractivity contribution >= 4 is 17.9 Å². The smallest absolute Gasteiger partial charge is 0.343 e. The lowest BCUT2D eigenvalue weighted by molar-refractivity contribution is -0.151. The van der Waals surface area contributed by atoms with Gasteiger partial charge in [0.05, 0.1) is 29.9 Å². The molecule has 3 aromatic carbocycles. The Morgan fingerprint density at radius 3 is 1.46 bits per heavy atom. The number of carbonyl (C=O) groups is 3. The first-order chi connectivity index (χ1) is 62.4. The first kappa shape index (κ1) is 108. The molecule has 0 bridgehead atoms. The average Bonchev–Trinajstić information content (AvgIpc) is 1.53. The van der Waals surface area contributed by atoms with Crippen LogP contribution in [0.2, 0.25) is 0 Å². The molecule has 0 spiro atoms. The quantitative estimate of drug-likeness (QED) is 0.0239. The van der Waals surface area contributed by atoms with Gasteiger partial charge in [-0.1, -0.05) is 281 Å². The van der Waals surface area contributed by atoms with Gasteiger partial charge in [0.1, 0.15) is 17.6 Å². The van der Waals surface area contributed by atoms with Crippen LogP contribution in [-0.4, -0.2) is 42.8 Å². The van der Waals surface area contributed by atoms with E-state index in [1.807, 2.05) is 13.8 Å². The molecule has 0 aromatic heterocycles. The molecule has 10 heteroatoms. The highest BCUT2D eigenvalue weighted by Crippen LogP contribution is 2.68. The molecule has 8 fully saturated rings. The van der Waals surface area contributed by atoms with E-state index in [0.29, 0.717) is 40.7 Å². The number of rotatable bonds is 46. The van der Waals surface area contributed by atoms with Crippen molar-refractivity contribution in [2.24, 2.45) is 106 Å². The molecule has 0 N–H and O–H groups in total. The van der Waals surface area contributed by atoms with Gasteiger partial charge in [0, 0.05) is 12.8 Å². The first-order valence-electron chi connectivity index (χ1n) is 55.7. The highest BCUT2D eigenvalue weighted by molar-refractivity contribution is 5.92. The molecule has 0 aliphatic heterocycles. The summed E-state index contributed by atoms with van der Waals surface area (Å²) in [7, 11) is 0. The average molecular weight is 1790 g/mol. The Morgan fingerprint density at radius 2 is 0.930 bits per heavy atom. The van der Waals surface area contributed by atoms with E-state index in [1.54, 1.807) is 143 Å². The maximum Gasteiger partial charge on any atom is 0.343 e. The van der Waals surface area contributed by atoms with E-state index in [9.17, 15) is 23.2 Å². The molecule has 8 saturated carbocycles. The van der Waals surface area contributed by atoms with Gasteiger partial charge in [-0.2, -0.15) is 0 Å². The van der Waals surface area contributed by atoms with Crippen molar-refractivity contribution in [1.82, 2.24) is 0 Å². The molecule has 0 radical (unpaired) electrons. The van der Waals surface area contributed by atoms with Crippen LogP contribution in [0.25, 0.3) is 0 Å². The number of hydrogen-bond acceptors (Lipinski definition) is 8. The Hall–Kier alpha value is -4.73. The van der Waals surface area contributed by atoms with Crippen LogP contribution in [0.5, 0.6) is 17.2 Å². The van der Waals surface area contributed by atoms with E-state index in [2.05, 4.69) is 96.1 Å². The van der Waals surface area contributed by atoms with Gasteiger partial charge in [-0.25, -0.2) is 18.4 Å². The van der Waals surface area contributed by atoms with Crippen LogP contribution in [0.4, 0.5) is 8.78 Å².